The Morgan fingerprint density at radius 2 is 0.434 bits per heavy atom. The fourth-order valence-electron chi connectivity index (χ4n) is 10.8. The van der Waals surface area contributed by atoms with Crippen molar-refractivity contribution in [2.45, 2.75) is 406 Å². The molecule has 0 amide bonds. The van der Waals surface area contributed by atoms with E-state index in [9.17, 15) is 14.4 Å². The second-order valence-corrected chi connectivity index (χ2v) is 23.8. The van der Waals surface area contributed by atoms with Crippen LogP contribution in [-0.2, 0) is 28.6 Å². The molecule has 0 aliphatic rings. The summed E-state index contributed by atoms with van der Waals surface area (Å²) in [6.07, 6.45) is 78.0. The first-order valence-corrected chi connectivity index (χ1v) is 34.7. The van der Waals surface area contributed by atoms with E-state index in [-0.39, 0.29) is 31.1 Å². The summed E-state index contributed by atoms with van der Waals surface area (Å²) in [5.74, 6) is -0.833. The van der Waals surface area contributed by atoms with Crippen LogP contribution in [0.5, 0.6) is 0 Å². The summed E-state index contributed by atoms with van der Waals surface area (Å²) in [7, 11) is 0. The SMILES string of the molecule is CCCCCCCCC/C=C\CCCCCCCCCC(=O)OC(COC(=O)CCCCCCCCCCCCCCCCCCC)COC(=O)CCCCCCCCCCCCCCCCCCCCCCCCC. The molecule has 76 heavy (non-hydrogen) atoms. The summed E-state index contributed by atoms with van der Waals surface area (Å²) < 4.78 is 17.0. The molecule has 0 radical (unpaired) electrons. The van der Waals surface area contributed by atoms with E-state index in [1.165, 1.54) is 302 Å². The minimum atomic E-state index is -0.769. The predicted octanol–water partition coefficient (Wildman–Crippen LogP) is 23.6. The molecule has 0 fully saturated rings. The Morgan fingerprint density at radius 1 is 0.250 bits per heavy atom. The first-order chi connectivity index (χ1) is 37.5. The first-order valence-electron chi connectivity index (χ1n) is 34.7. The zero-order valence-corrected chi connectivity index (χ0v) is 51.8. The van der Waals surface area contributed by atoms with Crippen LogP contribution in [0.2, 0.25) is 0 Å². The Balaban J connectivity index is 4.27. The van der Waals surface area contributed by atoms with Gasteiger partial charge in [0, 0.05) is 19.3 Å². The zero-order chi connectivity index (χ0) is 55.0. The van der Waals surface area contributed by atoms with Gasteiger partial charge in [-0.3, -0.25) is 14.4 Å². The van der Waals surface area contributed by atoms with Crippen molar-refractivity contribution in [1.82, 2.24) is 0 Å². The Kier molecular flexibility index (Phi) is 64.1. The third kappa shape index (κ3) is 63.0. The summed E-state index contributed by atoms with van der Waals surface area (Å²) >= 11 is 0. The summed E-state index contributed by atoms with van der Waals surface area (Å²) in [6.45, 7) is 6.73. The van der Waals surface area contributed by atoms with Crippen LogP contribution in [0.15, 0.2) is 12.2 Å². The summed E-state index contributed by atoms with van der Waals surface area (Å²) in [4.78, 5) is 38.4. The Morgan fingerprint density at radius 3 is 0.658 bits per heavy atom. The lowest BCUT2D eigenvalue weighted by atomic mass is 10.0. The van der Waals surface area contributed by atoms with Gasteiger partial charge < -0.3 is 14.2 Å². The van der Waals surface area contributed by atoms with Gasteiger partial charge >= 0.3 is 17.9 Å². The number of unbranched alkanes of at least 4 members (excludes halogenated alkanes) is 52. The number of esters is 3. The van der Waals surface area contributed by atoms with Crippen molar-refractivity contribution in [3.8, 4) is 0 Å². The van der Waals surface area contributed by atoms with E-state index in [4.69, 9.17) is 14.2 Å². The van der Waals surface area contributed by atoms with Crippen molar-refractivity contribution < 1.29 is 28.6 Å². The topological polar surface area (TPSA) is 78.9 Å². The molecule has 0 heterocycles. The van der Waals surface area contributed by atoms with Gasteiger partial charge in [-0.25, -0.2) is 0 Å². The molecule has 0 spiro atoms. The minimum absolute atomic E-state index is 0.0648. The van der Waals surface area contributed by atoms with Gasteiger partial charge in [-0.2, -0.15) is 0 Å². The van der Waals surface area contributed by atoms with E-state index in [1.54, 1.807) is 0 Å². The molecule has 0 aromatic carbocycles. The lowest BCUT2D eigenvalue weighted by Gasteiger charge is -2.18. The lowest BCUT2D eigenvalue weighted by molar-refractivity contribution is -0.167. The van der Waals surface area contributed by atoms with Crippen LogP contribution in [0, 0.1) is 0 Å². The van der Waals surface area contributed by atoms with Gasteiger partial charge in [0.2, 0.25) is 0 Å². The van der Waals surface area contributed by atoms with Gasteiger partial charge in [-0.1, -0.05) is 348 Å². The molecule has 0 aliphatic carbocycles. The van der Waals surface area contributed by atoms with Gasteiger partial charge in [0.05, 0.1) is 0 Å². The molecule has 0 N–H and O–H groups in total. The number of allylic oxidation sites excluding steroid dienone is 2. The Labute approximate surface area is 475 Å². The largest absolute Gasteiger partial charge is 0.462 e. The van der Waals surface area contributed by atoms with Crippen molar-refractivity contribution in [1.29, 1.82) is 0 Å². The smallest absolute Gasteiger partial charge is 0.306 e. The molecule has 0 aliphatic heterocycles. The molecule has 0 aromatic rings. The molecule has 0 bridgehead atoms. The average Bonchev–Trinajstić information content (AvgIpc) is 3.42. The summed E-state index contributed by atoms with van der Waals surface area (Å²) in [5.41, 5.74) is 0. The van der Waals surface area contributed by atoms with Crippen LogP contribution in [0.4, 0.5) is 0 Å². The average molecular weight is 1070 g/mol. The highest BCUT2D eigenvalue weighted by Gasteiger charge is 2.19. The summed E-state index contributed by atoms with van der Waals surface area (Å²) in [6, 6.07) is 0. The van der Waals surface area contributed by atoms with Crippen LogP contribution in [-0.4, -0.2) is 37.2 Å². The first kappa shape index (κ1) is 74.2. The van der Waals surface area contributed by atoms with Gasteiger partial charge in [0.15, 0.2) is 6.10 Å². The molecule has 0 saturated carbocycles. The molecule has 0 saturated heterocycles. The number of hydrogen-bond donors (Lipinski definition) is 0. The monoisotopic (exact) mass is 1070 g/mol. The van der Waals surface area contributed by atoms with E-state index in [1.807, 2.05) is 0 Å². The molecule has 1 unspecified atom stereocenters. The van der Waals surface area contributed by atoms with Gasteiger partial charge in [0.1, 0.15) is 13.2 Å². The van der Waals surface area contributed by atoms with E-state index < -0.39 is 6.10 Å². The highest BCUT2D eigenvalue weighted by atomic mass is 16.6. The maximum Gasteiger partial charge on any atom is 0.306 e. The fourth-order valence-corrected chi connectivity index (χ4v) is 10.8. The van der Waals surface area contributed by atoms with Gasteiger partial charge in [0.25, 0.3) is 0 Å². The van der Waals surface area contributed by atoms with E-state index >= 15 is 0 Å². The number of hydrogen-bond acceptors (Lipinski definition) is 6. The number of carbonyl (C=O) groups excluding carboxylic acids is 3. The Hall–Kier alpha value is -1.85. The third-order valence-electron chi connectivity index (χ3n) is 16.0. The second kappa shape index (κ2) is 65.7. The zero-order valence-electron chi connectivity index (χ0n) is 51.8. The molecule has 6 heteroatoms. The van der Waals surface area contributed by atoms with Crippen LogP contribution in [0.25, 0.3) is 0 Å². The summed E-state index contributed by atoms with van der Waals surface area (Å²) in [5, 5.41) is 0. The van der Waals surface area contributed by atoms with Crippen LogP contribution >= 0.6 is 0 Å². The number of rotatable bonds is 65. The third-order valence-corrected chi connectivity index (χ3v) is 16.0. The maximum atomic E-state index is 12.9. The maximum absolute atomic E-state index is 12.9. The Bertz CT molecular complexity index is 1180. The highest BCUT2D eigenvalue weighted by molar-refractivity contribution is 5.71. The molecule has 1 atom stereocenters. The van der Waals surface area contributed by atoms with E-state index in [2.05, 4.69) is 32.9 Å². The van der Waals surface area contributed by atoms with Crippen molar-refractivity contribution in [2.24, 2.45) is 0 Å². The van der Waals surface area contributed by atoms with Crippen molar-refractivity contribution in [3.63, 3.8) is 0 Å². The van der Waals surface area contributed by atoms with Crippen molar-refractivity contribution in [2.75, 3.05) is 13.2 Å². The standard InChI is InChI=1S/C70H134O6/c1-4-7-10-13-16-19-22-25-28-31-33-34-35-36-37-40-42-45-48-51-54-57-60-63-69(72)75-66-67(65-74-68(71)62-59-56-53-50-47-44-41-38-30-27-24-21-18-15-12-9-6-3)76-70(73)64-61-58-55-52-49-46-43-39-32-29-26-23-20-17-14-11-8-5-2/h29,32,67H,4-28,30-31,33-66H2,1-3H3/b32-29-. The van der Waals surface area contributed by atoms with Crippen molar-refractivity contribution in [3.05, 3.63) is 12.2 Å². The molecular weight excluding hydrogens is 937 g/mol. The quantitative estimate of drug-likeness (QED) is 0.0261. The molecule has 450 valence electrons. The molecular formula is C70H134O6. The highest BCUT2D eigenvalue weighted by Crippen LogP contribution is 2.19. The van der Waals surface area contributed by atoms with E-state index in [0.29, 0.717) is 19.3 Å². The normalized spacial score (nSPS) is 12.0. The van der Waals surface area contributed by atoms with Crippen LogP contribution in [0.3, 0.4) is 0 Å². The van der Waals surface area contributed by atoms with E-state index in [0.717, 1.165) is 57.8 Å². The molecule has 0 rings (SSSR count). The fraction of sp³-hybridized carbons (Fsp3) is 0.929. The van der Waals surface area contributed by atoms with Crippen LogP contribution in [0.1, 0.15) is 400 Å². The van der Waals surface area contributed by atoms with Gasteiger partial charge in [-0.05, 0) is 44.9 Å². The molecule has 6 nitrogen and oxygen atoms in total. The second-order valence-electron chi connectivity index (χ2n) is 23.8. The van der Waals surface area contributed by atoms with Crippen LogP contribution < -0.4 is 0 Å². The number of ether oxygens (including phenoxy) is 3. The molecule has 0 aromatic heterocycles. The lowest BCUT2D eigenvalue weighted by Crippen LogP contribution is -2.30. The van der Waals surface area contributed by atoms with Crippen molar-refractivity contribution >= 4 is 17.9 Å². The number of carbonyl (C=O) groups is 3. The van der Waals surface area contributed by atoms with Gasteiger partial charge in [-0.15, -0.1) is 0 Å². The minimum Gasteiger partial charge on any atom is -0.462 e. The predicted molar refractivity (Wildman–Crippen MR) is 330 cm³/mol.